The standard InChI is InChI=1S/C14H22N4O/c1-10(2)11-4-7-18(8-5-11)14(19)12-9-16-6-3-13(12)17-15/h3,6,9-11H,4-5,7-8,15H2,1-2H3,(H,16,17). The van der Waals surface area contributed by atoms with Crippen molar-refractivity contribution in [3.8, 4) is 0 Å². The van der Waals surface area contributed by atoms with Gasteiger partial charge in [-0.15, -0.1) is 0 Å². The lowest BCUT2D eigenvalue weighted by atomic mass is 9.86. The average molecular weight is 262 g/mol. The molecule has 2 heterocycles. The summed E-state index contributed by atoms with van der Waals surface area (Å²) in [5.41, 5.74) is 3.73. The van der Waals surface area contributed by atoms with Gasteiger partial charge >= 0.3 is 0 Å². The Hall–Kier alpha value is -1.62. The van der Waals surface area contributed by atoms with E-state index in [1.165, 1.54) is 0 Å². The monoisotopic (exact) mass is 262 g/mol. The van der Waals surface area contributed by atoms with Crippen molar-refractivity contribution in [3.05, 3.63) is 24.0 Å². The Bertz CT molecular complexity index is 439. The van der Waals surface area contributed by atoms with Gasteiger partial charge in [-0.3, -0.25) is 15.6 Å². The number of carbonyl (C=O) groups is 1. The lowest BCUT2D eigenvalue weighted by molar-refractivity contribution is 0.0668. The third kappa shape index (κ3) is 3.04. The first-order valence-electron chi connectivity index (χ1n) is 6.83. The minimum atomic E-state index is 0.0169. The molecule has 104 valence electrons. The fourth-order valence-electron chi connectivity index (χ4n) is 2.63. The predicted octanol–water partition coefficient (Wildman–Crippen LogP) is 1.88. The number of hydrogen-bond donors (Lipinski definition) is 2. The summed E-state index contributed by atoms with van der Waals surface area (Å²) < 4.78 is 0. The molecule has 1 amide bonds. The van der Waals surface area contributed by atoms with Crippen molar-refractivity contribution in [2.75, 3.05) is 18.5 Å². The predicted molar refractivity (Wildman–Crippen MR) is 75.5 cm³/mol. The Kier molecular flexibility index (Phi) is 4.37. The number of anilines is 1. The molecule has 1 aliphatic heterocycles. The molecule has 0 saturated carbocycles. The maximum atomic E-state index is 12.4. The van der Waals surface area contributed by atoms with Gasteiger partial charge in [-0.05, 0) is 30.7 Å². The van der Waals surface area contributed by atoms with E-state index in [1.807, 2.05) is 4.90 Å². The molecule has 1 aromatic rings. The maximum Gasteiger partial charge on any atom is 0.257 e. The van der Waals surface area contributed by atoms with Crippen LogP contribution >= 0.6 is 0 Å². The Labute approximate surface area is 114 Å². The summed E-state index contributed by atoms with van der Waals surface area (Å²) >= 11 is 0. The zero-order valence-electron chi connectivity index (χ0n) is 11.6. The first-order chi connectivity index (χ1) is 9.13. The van der Waals surface area contributed by atoms with E-state index in [-0.39, 0.29) is 5.91 Å². The molecule has 3 N–H and O–H groups in total. The van der Waals surface area contributed by atoms with Crippen LogP contribution in [0, 0.1) is 11.8 Å². The van der Waals surface area contributed by atoms with Crippen molar-refractivity contribution in [2.24, 2.45) is 17.7 Å². The number of aromatic nitrogens is 1. The summed E-state index contributed by atoms with van der Waals surface area (Å²) in [7, 11) is 0. The second-order valence-electron chi connectivity index (χ2n) is 5.44. The Morgan fingerprint density at radius 2 is 2.16 bits per heavy atom. The Morgan fingerprint density at radius 1 is 1.47 bits per heavy atom. The van der Waals surface area contributed by atoms with Gasteiger partial charge in [-0.2, -0.15) is 0 Å². The van der Waals surface area contributed by atoms with Crippen LogP contribution in [0.5, 0.6) is 0 Å². The number of nitrogens with one attached hydrogen (secondary N) is 1. The lowest BCUT2D eigenvalue weighted by Crippen LogP contribution is -2.39. The fourth-order valence-corrected chi connectivity index (χ4v) is 2.63. The molecule has 0 unspecified atom stereocenters. The van der Waals surface area contributed by atoms with E-state index in [9.17, 15) is 4.79 Å². The lowest BCUT2D eigenvalue weighted by Gasteiger charge is -2.34. The van der Waals surface area contributed by atoms with Crippen LogP contribution in [0.1, 0.15) is 37.0 Å². The largest absolute Gasteiger partial charge is 0.339 e. The van der Waals surface area contributed by atoms with Crippen molar-refractivity contribution >= 4 is 11.6 Å². The second-order valence-corrected chi connectivity index (χ2v) is 5.44. The molecule has 1 aromatic heterocycles. The van der Waals surface area contributed by atoms with E-state index < -0.39 is 0 Å². The van der Waals surface area contributed by atoms with Crippen molar-refractivity contribution < 1.29 is 4.79 Å². The number of nitrogens with two attached hydrogens (primary N) is 1. The molecular formula is C14H22N4O. The van der Waals surface area contributed by atoms with E-state index in [0.29, 0.717) is 17.2 Å². The number of carbonyl (C=O) groups excluding carboxylic acids is 1. The molecule has 5 heteroatoms. The van der Waals surface area contributed by atoms with E-state index in [0.717, 1.165) is 31.8 Å². The van der Waals surface area contributed by atoms with Crippen LogP contribution in [0.15, 0.2) is 18.5 Å². The zero-order valence-corrected chi connectivity index (χ0v) is 11.6. The smallest absolute Gasteiger partial charge is 0.257 e. The number of nitrogen functional groups attached to an aromatic ring is 1. The van der Waals surface area contributed by atoms with Crippen LogP contribution in [0.3, 0.4) is 0 Å². The first-order valence-corrected chi connectivity index (χ1v) is 6.83. The second kappa shape index (κ2) is 6.02. The number of hydrazine groups is 1. The van der Waals surface area contributed by atoms with Crippen LogP contribution in [0.25, 0.3) is 0 Å². The van der Waals surface area contributed by atoms with Crippen LogP contribution in [-0.2, 0) is 0 Å². The van der Waals surface area contributed by atoms with Gasteiger partial charge in [-0.25, -0.2) is 0 Å². The SMILES string of the molecule is CC(C)C1CCN(C(=O)c2cnccc2NN)CC1. The number of rotatable bonds is 3. The molecule has 0 spiro atoms. The number of hydrogen-bond acceptors (Lipinski definition) is 4. The van der Waals surface area contributed by atoms with Gasteiger partial charge in [0, 0.05) is 25.5 Å². The molecular weight excluding hydrogens is 240 g/mol. The van der Waals surface area contributed by atoms with Crippen LogP contribution < -0.4 is 11.3 Å². The fraction of sp³-hybridized carbons (Fsp3) is 0.571. The number of piperidine rings is 1. The summed E-state index contributed by atoms with van der Waals surface area (Å²) in [6, 6.07) is 1.72. The Balaban J connectivity index is 2.05. The number of likely N-dealkylation sites (tertiary alicyclic amines) is 1. The van der Waals surface area contributed by atoms with Crippen molar-refractivity contribution in [2.45, 2.75) is 26.7 Å². The molecule has 19 heavy (non-hydrogen) atoms. The minimum Gasteiger partial charge on any atom is -0.339 e. The topological polar surface area (TPSA) is 71.2 Å². The first kappa shape index (κ1) is 13.8. The van der Waals surface area contributed by atoms with Gasteiger partial charge in [0.2, 0.25) is 0 Å². The number of nitrogens with zero attached hydrogens (tertiary/aromatic N) is 2. The molecule has 0 atom stereocenters. The molecule has 0 aromatic carbocycles. The van der Waals surface area contributed by atoms with E-state index in [4.69, 9.17) is 5.84 Å². The third-order valence-corrected chi connectivity index (χ3v) is 3.98. The highest BCUT2D eigenvalue weighted by molar-refractivity contribution is 5.99. The summed E-state index contributed by atoms with van der Waals surface area (Å²) in [5, 5.41) is 0. The molecule has 1 aliphatic rings. The summed E-state index contributed by atoms with van der Waals surface area (Å²) in [6.07, 6.45) is 5.35. The summed E-state index contributed by atoms with van der Waals surface area (Å²) in [5.74, 6) is 6.87. The van der Waals surface area contributed by atoms with Crippen molar-refractivity contribution in [1.29, 1.82) is 0 Å². The normalized spacial score (nSPS) is 16.7. The number of amides is 1. The highest BCUT2D eigenvalue weighted by atomic mass is 16.2. The summed E-state index contributed by atoms with van der Waals surface area (Å²) in [4.78, 5) is 18.4. The van der Waals surface area contributed by atoms with E-state index >= 15 is 0 Å². The minimum absolute atomic E-state index is 0.0169. The van der Waals surface area contributed by atoms with Gasteiger partial charge in [0.1, 0.15) is 0 Å². The van der Waals surface area contributed by atoms with Gasteiger partial charge < -0.3 is 10.3 Å². The average Bonchev–Trinajstić information content (AvgIpc) is 2.46. The highest BCUT2D eigenvalue weighted by Gasteiger charge is 2.26. The third-order valence-electron chi connectivity index (χ3n) is 3.98. The zero-order chi connectivity index (χ0) is 13.8. The molecule has 5 nitrogen and oxygen atoms in total. The van der Waals surface area contributed by atoms with Crippen molar-refractivity contribution in [1.82, 2.24) is 9.88 Å². The highest BCUT2D eigenvalue weighted by Crippen LogP contribution is 2.26. The van der Waals surface area contributed by atoms with E-state index in [2.05, 4.69) is 24.3 Å². The number of pyridine rings is 1. The maximum absolute atomic E-state index is 12.4. The van der Waals surface area contributed by atoms with Gasteiger partial charge in [0.15, 0.2) is 0 Å². The van der Waals surface area contributed by atoms with E-state index in [1.54, 1.807) is 18.5 Å². The molecule has 0 aliphatic carbocycles. The van der Waals surface area contributed by atoms with Crippen LogP contribution in [0.4, 0.5) is 5.69 Å². The van der Waals surface area contributed by atoms with Crippen molar-refractivity contribution in [3.63, 3.8) is 0 Å². The van der Waals surface area contributed by atoms with Gasteiger partial charge in [0.05, 0.1) is 11.3 Å². The molecule has 0 radical (unpaired) electrons. The molecule has 1 saturated heterocycles. The molecule has 2 rings (SSSR count). The van der Waals surface area contributed by atoms with Crippen LogP contribution in [0.2, 0.25) is 0 Å². The Morgan fingerprint density at radius 3 is 2.74 bits per heavy atom. The van der Waals surface area contributed by atoms with Crippen LogP contribution in [-0.4, -0.2) is 28.9 Å². The van der Waals surface area contributed by atoms with Gasteiger partial charge in [0.25, 0.3) is 5.91 Å². The van der Waals surface area contributed by atoms with Gasteiger partial charge in [-0.1, -0.05) is 13.8 Å². The summed E-state index contributed by atoms with van der Waals surface area (Å²) in [6.45, 7) is 6.14. The quantitative estimate of drug-likeness (QED) is 0.644. The molecule has 1 fully saturated rings. The molecule has 0 bridgehead atoms.